The Kier molecular flexibility index (Phi) is 2.41. The van der Waals surface area contributed by atoms with Crippen molar-refractivity contribution in [3.05, 3.63) is 11.1 Å². The number of carbonyl (C=O) groups is 1. The third-order valence-corrected chi connectivity index (χ3v) is 3.51. The van der Waals surface area contributed by atoms with Gasteiger partial charge in [-0.2, -0.15) is 0 Å². The summed E-state index contributed by atoms with van der Waals surface area (Å²) < 4.78 is 10.4. The number of cyclic esters (lactones) is 2. The standard InChI is InChI=1S/C7H7NO3S2/c1-4-3-12-6(8-4)13-5-2-10-7(9)11-5/h3,5H,2H2,1H3. The van der Waals surface area contributed by atoms with Crippen LogP contribution in [0.2, 0.25) is 0 Å². The minimum Gasteiger partial charge on any atom is -0.429 e. The quantitative estimate of drug-likeness (QED) is 0.709. The summed E-state index contributed by atoms with van der Waals surface area (Å²) in [5.41, 5.74) is 0.746. The van der Waals surface area contributed by atoms with Crippen molar-refractivity contribution in [1.29, 1.82) is 0 Å². The van der Waals surface area contributed by atoms with Gasteiger partial charge in [0.2, 0.25) is 0 Å². The molecule has 13 heavy (non-hydrogen) atoms. The van der Waals surface area contributed by atoms with Gasteiger partial charge in [0.05, 0.1) is 0 Å². The summed E-state index contributed by atoms with van der Waals surface area (Å²) in [4.78, 5) is 14.8. The lowest BCUT2D eigenvalue weighted by molar-refractivity contribution is 0.129. The molecular formula is C7H7NO3S2. The Labute approximate surface area is 83.3 Å². The molecule has 1 atom stereocenters. The van der Waals surface area contributed by atoms with Crippen LogP contribution in [0.25, 0.3) is 0 Å². The van der Waals surface area contributed by atoms with Crippen LogP contribution in [0.1, 0.15) is 5.69 Å². The number of thiazole rings is 1. The Morgan fingerprint density at radius 2 is 2.62 bits per heavy atom. The van der Waals surface area contributed by atoms with Gasteiger partial charge in [0, 0.05) is 11.1 Å². The van der Waals surface area contributed by atoms with Gasteiger partial charge in [0.25, 0.3) is 0 Å². The Hall–Kier alpha value is -0.750. The topological polar surface area (TPSA) is 48.4 Å². The molecule has 1 fully saturated rings. The van der Waals surface area contributed by atoms with E-state index in [1.165, 1.54) is 11.8 Å². The fraction of sp³-hybridized carbons (Fsp3) is 0.429. The number of ether oxygens (including phenoxy) is 2. The van der Waals surface area contributed by atoms with Crippen molar-refractivity contribution in [2.75, 3.05) is 6.61 Å². The van der Waals surface area contributed by atoms with E-state index in [0.29, 0.717) is 6.61 Å². The van der Waals surface area contributed by atoms with Crippen LogP contribution in [-0.4, -0.2) is 23.2 Å². The molecule has 0 N–H and O–H groups in total. The lowest BCUT2D eigenvalue weighted by atomic mass is 10.6. The number of carbonyl (C=O) groups excluding carboxylic acids is 1. The van der Waals surface area contributed by atoms with E-state index >= 15 is 0 Å². The highest BCUT2D eigenvalue weighted by Gasteiger charge is 2.26. The number of aryl methyl sites for hydroxylation is 1. The maximum absolute atomic E-state index is 10.6. The molecule has 1 unspecified atom stereocenters. The average molecular weight is 217 g/mol. The Balaban J connectivity index is 1.95. The molecule has 1 aromatic heterocycles. The van der Waals surface area contributed by atoms with E-state index < -0.39 is 6.16 Å². The summed E-state index contributed by atoms with van der Waals surface area (Å²) in [5, 5.41) is 1.96. The molecule has 4 nitrogen and oxygen atoms in total. The van der Waals surface area contributed by atoms with Gasteiger partial charge >= 0.3 is 6.16 Å². The van der Waals surface area contributed by atoms with Crippen molar-refractivity contribution in [2.45, 2.75) is 16.7 Å². The Bertz CT molecular complexity index is 325. The predicted octanol–water partition coefficient (Wildman–Crippen LogP) is 2.04. The van der Waals surface area contributed by atoms with Crippen molar-refractivity contribution >= 4 is 29.3 Å². The zero-order valence-corrected chi connectivity index (χ0v) is 8.48. The molecule has 0 radical (unpaired) electrons. The van der Waals surface area contributed by atoms with Crippen LogP contribution < -0.4 is 0 Å². The summed E-state index contributed by atoms with van der Waals surface area (Å²) >= 11 is 2.96. The SMILES string of the molecule is Cc1csc(SC2COC(=O)O2)n1. The first-order valence-corrected chi connectivity index (χ1v) is 5.42. The Morgan fingerprint density at radius 3 is 3.15 bits per heavy atom. The second-order valence-corrected chi connectivity index (χ2v) is 4.75. The van der Waals surface area contributed by atoms with Gasteiger partial charge < -0.3 is 9.47 Å². The van der Waals surface area contributed by atoms with Crippen LogP contribution in [0, 0.1) is 6.92 Å². The summed E-state index contributed by atoms with van der Waals surface area (Å²) in [7, 11) is 0. The minimum atomic E-state index is -0.592. The van der Waals surface area contributed by atoms with Crippen LogP contribution in [-0.2, 0) is 9.47 Å². The monoisotopic (exact) mass is 217 g/mol. The molecule has 0 aromatic carbocycles. The molecule has 0 bridgehead atoms. The molecule has 70 valence electrons. The largest absolute Gasteiger partial charge is 0.509 e. The van der Waals surface area contributed by atoms with Crippen molar-refractivity contribution in [3.63, 3.8) is 0 Å². The van der Waals surface area contributed by atoms with E-state index in [2.05, 4.69) is 9.72 Å². The van der Waals surface area contributed by atoms with Crippen LogP contribution in [0.4, 0.5) is 4.79 Å². The fourth-order valence-corrected chi connectivity index (χ4v) is 2.76. The summed E-state index contributed by atoms with van der Waals surface area (Å²) in [5.74, 6) is 0. The average Bonchev–Trinajstić information content (AvgIpc) is 2.62. The van der Waals surface area contributed by atoms with E-state index in [4.69, 9.17) is 4.74 Å². The van der Waals surface area contributed by atoms with Crippen molar-refractivity contribution in [2.24, 2.45) is 0 Å². The zero-order valence-electron chi connectivity index (χ0n) is 6.85. The number of nitrogens with zero attached hydrogens (tertiary/aromatic N) is 1. The second kappa shape index (κ2) is 3.55. The summed E-state index contributed by atoms with van der Waals surface area (Å²) in [6, 6.07) is 0. The van der Waals surface area contributed by atoms with E-state index in [9.17, 15) is 4.79 Å². The molecule has 0 amide bonds. The van der Waals surface area contributed by atoms with Crippen molar-refractivity contribution in [3.8, 4) is 0 Å². The van der Waals surface area contributed by atoms with Gasteiger partial charge in [-0.05, 0) is 18.7 Å². The highest BCUT2D eigenvalue weighted by molar-refractivity contribution is 8.01. The van der Waals surface area contributed by atoms with E-state index in [0.717, 1.165) is 10.0 Å². The van der Waals surface area contributed by atoms with E-state index in [-0.39, 0.29) is 5.44 Å². The van der Waals surface area contributed by atoms with Crippen molar-refractivity contribution < 1.29 is 14.3 Å². The smallest absolute Gasteiger partial charge is 0.429 e. The van der Waals surface area contributed by atoms with Gasteiger partial charge in [-0.1, -0.05) is 0 Å². The third-order valence-electron chi connectivity index (χ3n) is 1.40. The molecule has 1 aromatic rings. The normalized spacial score (nSPS) is 21.3. The fourth-order valence-electron chi connectivity index (χ4n) is 0.868. The van der Waals surface area contributed by atoms with Gasteiger partial charge in [-0.3, -0.25) is 0 Å². The summed E-state index contributed by atoms with van der Waals surface area (Å²) in [6.45, 7) is 2.24. The summed E-state index contributed by atoms with van der Waals surface area (Å²) in [6.07, 6.45) is -0.592. The first kappa shape index (κ1) is 8.83. The minimum absolute atomic E-state index is 0.238. The first-order chi connectivity index (χ1) is 6.24. The van der Waals surface area contributed by atoms with Gasteiger partial charge in [-0.15, -0.1) is 11.3 Å². The number of rotatable bonds is 2. The third kappa shape index (κ3) is 2.13. The lowest BCUT2D eigenvalue weighted by Crippen LogP contribution is -2.03. The molecule has 0 saturated carbocycles. The molecule has 0 spiro atoms. The molecule has 0 aliphatic carbocycles. The van der Waals surface area contributed by atoms with Crippen LogP contribution in [0.3, 0.4) is 0 Å². The van der Waals surface area contributed by atoms with E-state index in [1.54, 1.807) is 11.3 Å². The molecule has 1 saturated heterocycles. The predicted molar refractivity (Wildman–Crippen MR) is 48.9 cm³/mol. The maximum Gasteiger partial charge on any atom is 0.509 e. The number of thioether (sulfide) groups is 1. The number of aromatic nitrogens is 1. The van der Waals surface area contributed by atoms with Crippen LogP contribution >= 0.6 is 23.1 Å². The van der Waals surface area contributed by atoms with Gasteiger partial charge in [-0.25, -0.2) is 9.78 Å². The van der Waals surface area contributed by atoms with Crippen LogP contribution in [0.15, 0.2) is 9.72 Å². The first-order valence-electron chi connectivity index (χ1n) is 3.66. The molecular weight excluding hydrogens is 210 g/mol. The second-order valence-electron chi connectivity index (χ2n) is 2.48. The highest BCUT2D eigenvalue weighted by atomic mass is 32.2. The molecule has 1 aliphatic heterocycles. The lowest BCUT2D eigenvalue weighted by Gasteiger charge is -2.00. The van der Waals surface area contributed by atoms with Crippen LogP contribution in [0.5, 0.6) is 0 Å². The van der Waals surface area contributed by atoms with Gasteiger partial charge in [0.1, 0.15) is 6.61 Å². The molecule has 2 rings (SSSR count). The number of hydrogen-bond acceptors (Lipinski definition) is 6. The maximum atomic E-state index is 10.6. The van der Waals surface area contributed by atoms with E-state index in [1.807, 2.05) is 12.3 Å². The van der Waals surface area contributed by atoms with Gasteiger partial charge in [0.15, 0.2) is 9.78 Å². The Morgan fingerprint density at radius 1 is 1.77 bits per heavy atom. The number of hydrogen-bond donors (Lipinski definition) is 0. The molecule has 2 heterocycles. The molecule has 1 aliphatic rings. The zero-order chi connectivity index (χ0) is 9.26. The van der Waals surface area contributed by atoms with Crippen molar-refractivity contribution in [1.82, 2.24) is 4.98 Å². The molecule has 6 heteroatoms. The highest BCUT2D eigenvalue weighted by Crippen LogP contribution is 2.29.